The van der Waals surface area contributed by atoms with Crippen LogP contribution in [0.5, 0.6) is 0 Å². The topological polar surface area (TPSA) is 65.7 Å². The number of oxazole rings is 1. The standard InChI is InChI=1S/C20H31N5OS/c1-20(2,3)17-13-22-18(26-17)14-24-19(21-4)23-12-15(16-8-7-11-27-16)25-9-5-6-10-25/h7-8,11,13,15H,5-6,9-10,12,14H2,1-4H3,(H2,21,23,24). The quantitative estimate of drug-likeness (QED) is 0.584. The molecular formula is C20H31N5OS. The number of likely N-dealkylation sites (tertiary alicyclic amines) is 1. The van der Waals surface area contributed by atoms with E-state index in [1.165, 1.54) is 30.8 Å². The molecule has 2 aromatic heterocycles. The second-order valence-electron chi connectivity index (χ2n) is 7.95. The van der Waals surface area contributed by atoms with Gasteiger partial charge in [-0.05, 0) is 37.4 Å². The third kappa shape index (κ3) is 5.32. The Morgan fingerprint density at radius 2 is 2.11 bits per heavy atom. The van der Waals surface area contributed by atoms with Gasteiger partial charge < -0.3 is 15.1 Å². The fourth-order valence-electron chi connectivity index (χ4n) is 3.26. The lowest BCUT2D eigenvalue weighted by atomic mass is 9.94. The van der Waals surface area contributed by atoms with Crippen molar-refractivity contribution in [3.8, 4) is 0 Å². The molecule has 1 unspecified atom stereocenters. The van der Waals surface area contributed by atoms with Crippen molar-refractivity contribution in [1.82, 2.24) is 20.5 Å². The third-order valence-corrected chi connectivity index (χ3v) is 5.81. The summed E-state index contributed by atoms with van der Waals surface area (Å²) in [5.74, 6) is 2.34. The second-order valence-corrected chi connectivity index (χ2v) is 8.93. The Balaban J connectivity index is 1.55. The number of hydrogen-bond donors (Lipinski definition) is 2. The van der Waals surface area contributed by atoms with Gasteiger partial charge in [-0.1, -0.05) is 26.8 Å². The molecule has 27 heavy (non-hydrogen) atoms. The molecule has 1 aliphatic rings. The smallest absolute Gasteiger partial charge is 0.213 e. The van der Waals surface area contributed by atoms with Crippen molar-refractivity contribution in [2.24, 2.45) is 4.99 Å². The van der Waals surface area contributed by atoms with Gasteiger partial charge in [0.25, 0.3) is 0 Å². The molecule has 2 N–H and O–H groups in total. The predicted octanol–water partition coefficient (Wildman–Crippen LogP) is 3.54. The van der Waals surface area contributed by atoms with Gasteiger partial charge >= 0.3 is 0 Å². The highest BCUT2D eigenvalue weighted by Gasteiger charge is 2.24. The van der Waals surface area contributed by atoms with Crippen LogP contribution in [0.4, 0.5) is 0 Å². The molecule has 1 saturated heterocycles. The van der Waals surface area contributed by atoms with Crippen molar-refractivity contribution < 1.29 is 4.42 Å². The molecule has 0 saturated carbocycles. The van der Waals surface area contributed by atoms with Gasteiger partial charge in [0.2, 0.25) is 5.89 Å². The Hall–Kier alpha value is -1.86. The van der Waals surface area contributed by atoms with E-state index in [1.807, 2.05) is 17.5 Å². The molecule has 1 fully saturated rings. The van der Waals surface area contributed by atoms with Crippen LogP contribution in [0.1, 0.15) is 56.2 Å². The maximum Gasteiger partial charge on any atom is 0.213 e. The van der Waals surface area contributed by atoms with E-state index in [-0.39, 0.29) is 5.41 Å². The van der Waals surface area contributed by atoms with Gasteiger partial charge in [0, 0.05) is 23.9 Å². The summed E-state index contributed by atoms with van der Waals surface area (Å²) in [5, 5.41) is 8.94. The molecule has 0 bridgehead atoms. The predicted molar refractivity (Wildman–Crippen MR) is 111 cm³/mol. The SMILES string of the molecule is CN=C(NCc1ncc(C(C)(C)C)o1)NCC(c1cccs1)N1CCCC1. The molecular weight excluding hydrogens is 358 g/mol. The number of aliphatic imine (C=N–C) groups is 1. The number of thiophene rings is 1. The van der Waals surface area contributed by atoms with E-state index in [2.05, 4.69) is 63.8 Å². The Morgan fingerprint density at radius 1 is 1.33 bits per heavy atom. The highest BCUT2D eigenvalue weighted by Crippen LogP contribution is 2.27. The van der Waals surface area contributed by atoms with E-state index < -0.39 is 0 Å². The average Bonchev–Trinajstić information content (AvgIpc) is 3.40. The zero-order valence-electron chi connectivity index (χ0n) is 16.8. The van der Waals surface area contributed by atoms with Crippen molar-refractivity contribution in [3.05, 3.63) is 40.2 Å². The maximum atomic E-state index is 5.85. The lowest BCUT2D eigenvalue weighted by Crippen LogP contribution is -2.42. The van der Waals surface area contributed by atoms with E-state index in [0.717, 1.165) is 18.3 Å². The number of nitrogens with zero attached hydrogens (tertiary/aromatic N) is 3. The average molecular weight is 390 g/mol. The van der Waals surface area contributed by atoms with Gasteiger partial charge in [0.1, 0.15) is 5.76 Å². The Labute approximate surface area is 166 Å². The Kier molecular flexibility index (Phi) is 6.55. The minimum atomic E-state index is -0.0329. The molecule has 3 rings (SSSR count). The van der Waals surface area contributed by atoms with Gasteiger partial charge in [-0.25, -0.2) is 4.98 Å². The summed E-state index contributed by atoms with van der Waals surface area (Å²) >= 11 is 1.83. The first kappa shape index (κ1) is 19.9. The molecule has 1 atom stereocenters. The zero-order valence-corrected chi connectivity index (χ0v) is 17.6. The summed E-state index contributed by atoms with van der Waals surface area (Å²) < 4.78 is 5.85. The molecule has 0 radical (unpaired) electrons. The molecule has 0 aromatic carbocycles. The number of rotatable bonds is 6. The molecule has 0 amide bonds. The van der Waals surface area contributed by atoms with Crippen LogP contribution < -0.4 is 10.6 Å². The monoisotopic (exact) mass is 389 g/mol. The van der Waals surface area contributed by atoms with Crippen molar-refractivity contribution in [2.45, 2.75) is 51.6 Å². The lowest BCUT2D eigenvalue weighted by Gasteiger charge is -2.27. The molecule has 0 aliphatic carbocycles. The largest absolute Gasteiger partial charge is 0.443 e. The van der Waals surface area contributed by atoms with Crippen molar-refractivity contribution in [3.63, 3.8) is 0 Å². The first-order valence-corrected chi connectivity index (χ1v) is 10.5. The van der Waals surface area contributed by atoms with Crippen molar-refractivity contribution in [2.75, 3.05) is 26.7 Å². The minimum Gasteiger partial charge on any atom is -0.443 e. The summed E-state index contributed by atoms with van der Waals surface area (Å²) in [6.45, 7) is 10.0. The van der Waals surface area contributed by atoms with E-state index in [1.54, 1.807) is 7.05 Å². The van der Waals surface area contributed by atoms with E-state index in [4.69, 9.17) is 4.42 Å². The van der Waals surface area contributed by atoms with Gasteiger partial charge in [-0.15, -0.1) is 11.3 Å². The normalized spacial score (nSPS) is 17.3. The minimum absolute atomic E-state index is 0.0329. The van der Waals surface area contributed by atoms with Gasteiger partial charge in [0.05, 0.1) is 18.8 Å². The molecule has 3 heterocycles. The molecule has 6 nitrogen and oxygen atoms in total. The molecule has 148 valence electrons. The Bertz CT molecular complexity index is 726. The summed E-state index contributed by atoms with van der Waals surface area (Å²) in [6, 6.07) is 4.75. The lowest BCUT2D eigenvalue weighted by molar-refractivity contribution is 0.249. The van der Waals surface area contributed by atoms with Crippen molar-refractivity contribution in [1.29, 1.82) is 0 Å². The fourth-order valence-corrected chi connectivity index (χ4v) is 4.12. The van der Waals surface area contributed by atoms with Crippen LogP contribution in [-0.4, -0.2) is 42.5 Å². The van der Waals surface area contributed by atoms with Crippen LogP contribution in [0.3, 0.4) is 0 Å². The summed E-state index contributed by atoms with van der Waals surface area (Å²) in [6.07, 6.45) is 4.39. The van der Waals surface area contributed by atoms with E-state index in [9.17, 15) is 0 Å². The highest BCUT2D eigenvalue weighted by molar-refractivity contribution is 7.10. The first-order valence-electron chi connectivity index (χ1n) is 9.64. The molecule has 2 aromatic rings. The van der Waals surface area contributed by atoms with E-state index >= 15 is 0 Å². The third-order valence-electron chi connectivity index (χ3n) is 4.84. The number of guanidine groups is 1. The molecule has 1 aliphatic heterocycles. The fraction of sp³-hybridized carbons (Fsp3) is 0.600. The summed E-state index contributed by atoms with van der Waals surface area (Å²) in [4.78, 5) is 12.7. The van der Waals surface area contributed by atoms with Crippen LogP contribution in [0.25, 0.3) is 0 Å². The van der Waals surface area contributed by atoms with E-state index in [0.29, 0.717) is 18.5 Å². The van der Waals surface area contributed by atoms with Crippen molar-refractivity contribution >= 4 is 17.3 Å². The molecule has 0 spiro atoms. The van der Waals surface area contributed by atoms with Crippen LogP contribution in [-0.2, 0) is 12.0 Å². The first-order chi connectivity index (χ1) is 13.0. The summed E-state index contributed by atoms with van der Waals surface area (Å²) in [7, 11) is 1.79. The Morgan fingerprint density at radius 3 is 2.70 bits per heavy atom. The van der Waals surface area contributed by atoms with Gasteiger partial charge in [0.15, 0.2) is 5.96 Å². The van der Waals surface area contributed by atoms with Crippen LogP contribution in [0.2, 0.25) is 0 Å². The number of nitrogens with one attached hydrogen (secondary N) is 2. The zero-order chi connectivity index (χ0) is 19.3. The molecule has 7 heteroatoms. The van der Waals surface area contributed by atoms with Crippen LogP contribution >= 0.6 is 11.3 Å². The van der Waals surface area contributed by atoms with Gasteiger partial charge in [-0.3, -0.25) is 9.89 Å². The van der Waals surface area contributed by atoms with Gasteiger partial charge in [-0.2, -0.15) is 0 Å². The van der Waals surface area contributed by atoms with Crippen LogP contribution in [0, 0.1) is 0 Å². The van der Waals surface area contributed by atoms with Crippen LogP contribution in [0.15, 0.2) is 33.1 Å². The second kappa shape index (κ2) is 8.89. The highest BCUT2D eigenvalue weighted by atomic mass is 32.1. The summed E-state index contributed by atoms with van der Waals surface area (Å²) in [5.41, 5.74) is -0.0329. The maximum absolute atomic E-state index is 5.85. The number of hydrogen-bond acceptors (Lipinski definition) is 5. The number of aromatic nitrogens is 1.